The molecular weight excluding hydrogens is 1680 g/mol. The predicted molar refractivity (Wildman–Crippen MR) is 451 cm³/mol. The number of pyridine rings is 1. The van der Waals surface area contributed by atoms with Crippen LogP contribution in [0.4, 0.5) is 16.3 Å². The quantitative estimate of drug-likeness (QED) is 0.0455. The number of fused-ring (bicyclic) bond motifs is 15. The Morgan fingerprint density at radius 2 is 1.33 bits per heavy atom. The number of carbonyl (C=O) groups excluding carboxylic acids is 9. The summed E-state index contributed by atoms with van der Waals surface area (Å²) < 4.78 is 39.1. The van der Waals surface area contributed by atoms with Crippen molar-refractivity contribution in [3.05, 3.63) is 135 Å². The third kappa shape index (κ3) is 20.0. The highest BCUT2D eigenvalue weighted by atomic mass is 35.5. The number of phenols is 3. The number of unbranched alkanes of at least 4 members (excludes halogenated alkanes) is 2. The van der Waals surface area contributed by atoms with Gasteiger partial charge in [-0.25, -0.2) is 9.78 Å². The number of nitrogens with two attached hydrogens (primary N) is 1. The van der Waals surface area contributed by atoms with Gasteiger partial charge in [0, 0.05) is 41.7 Å². The molecule has 37 nitrogen and oxygen atoms in total. The molecule has 10 amide bonds. The predicted octanol–water partition coefficient (Wildman–Crippen LogP) is 4.82. The molecule has 0 unspecified atom stereocenters. The number of imide groups is 1. The van der Waals surface area contributed by atoms with Gasteiger partial charge in [0.05, 0.1) is 53.2 Å². The number of aromatic hydroxyl groups is 3. The molecule has 1 aromatic heterocycles. The molecule has 11 aliphatic rings. The monoisotopic (exact) mass is 1790 g/mol. The molecule has 2 saturated heterocycles. The number of aliphatic hydroxyl groups excluding tert-OH is 6. The molecule has 0 spiro atoms. The SMILES string of the molecule is CCCCCNc1ccc(NC(=O)NC(=O)C[C@@H]2NC(=O)[C@H](NC(=O)[C@@H](CC(C)C)NC)[C@H](O)c3ccc(c(Cl)c3)Oc3cc4cc(c3O[C@@H]3O[C@H](CO)[C@@H](O)[C@H](O)[C@H]3O[C@H]3C[C@](C)(N)[C@H](O)[C@H](C)O3)Oc3ccc(cc3Cl)[C@@H](O)[C@@H]3NC(=O)[C@H](NC(=O)[C@@H]4NC2=O)c2ccc(O)c(c2)-c2c(O)cc(O)cc2[C@@H](C(=O)NC2C4CC5CC(C4)CC2C5)NC3=O)cn1. The van der Waals surface area contributed by atoms with Crippen LogP contribution in [0.1, 0.15) is 163 Å². The number of ether oxygens (including phenoxy) is 6. The highest BCUT2D eigenvalue weighted by molar-refractivity contribution is 6.32. The van der Waals surface area contributed by atoms with Crippen LogP contribution in [0.2, 0.25) is 10.0 Å². The first-order valence-electron chi connectivity index (χ1n) is 42.1. The molecule has 6 fully saturated rings. The lowest BCUT2D eigenvalue weighted by Gasteiger charge is -2.54. The maximum atomic E-state index is 16.7. The number of nitrogens with one attached hydrogen (secondary N) is 11. The number of amides is 10. The highest BCUT2D eigenvalue weighted by Gasteiger charge is 2.53. The third-order valence-electron chi connectivity index (χ3n) is 24.7. The minimum Gasteiger partial charge on any atom is -0.508 e. The van der Waals surface area contributed by atoms with Gasteiger partial charge in [-0.05, 0) is 190 Å². The van der Waals surface area contributed by atoms with Crippen molar-refractivity contribution in [3.8, 4) is 57.1 Å². The molecule has 22 N–H and O–H groups in total. The van der Waals surface area contributed by atoms with E-state index in [1.807, 2.05) is 13.8 Å². The fraction of sp³-hybridized carbons (Fsp3) is 0.494. The number of phenolic OH excluding ortho intramolecular Hbond substituents is 3. The first-order chi connectivity index (χ1) is 60.0. The van der Waals surface area contributed by atoms with Gasteiger partial charge in [-0.15, -0.1) is 0 Å². The van der Waals surface area contributed by atoms with E-state index in [2.05, 4.69) is 70.4 Å². The number of hydrogen-bond donors (Lipinski definition) is 21. The Bertz CT molecular complexity index is 5100. The van der Waals surface area contributed by atoms with Crippen molar-refractivity contribution in [2.24, 2.45) is 35.3 Å². The van der Waals surface area contributed by atoms with E-state index in [0.717, 1.165) is 106 Å². The maximum Gasteiger partial charge on any atom is 0.325 e. The highest BCUT2D eigenvalue weighted by Crippen LogP contribution is 2.55. The second kappa shape index (κ2) is 38.4. The fourth-order valence-corrected chi connectivity index (χ4v) is 18.9. The number of hydrogen-bond acceptors (Lipinski definition) is 28. The number of nitrogens with zero attached hydrogens (tertiary/aromatic N) is 1. The van der Waals surface area contributed by atoms with Gasteiger partial charge in [0.15, 0.2) is 23.9 Å². The number of rotatable bonds is 20. The largest absolute Gasteiger partial charge is 0.508 e. The Kier molecular flexibility index (Phi) is 27.9. The van der Waals surface area contributed by atoms with Crippen molar-refractivity contribution >= 4 is 88.0 Å². The topological polar surface area (TPSA) is 562 Å². The van der Waals surface area contributed by atoms with E-state index < -0.39 is 227 Å². The lowest BCUT2D eigenvalue weighted by Crippen LogP contribution is -2.64. The average Bonchev–Trinajstić information content (AvgIpc) is 0.750. The van der Waals surface area contributed by atoms with E-state index in [4.69, 9.17) is 57.4 Å². The van der Waals surface area contributed by atoms with Crippen LogP contribution in [0.15, 0.2) is 97.2 Å². The van der Waals surface area contributed by atoms with Gasteiger partial charge in [0.25, 0.3) is 0 Å². The van der Waals surface area contributed by atoms with Gasteiger partial charge in [-0.3, -0.25) is 43.7 Å². The molecule has 5 aromatic carbocycles. The lowest BCUT2D eigenvalue weighted by atomic mass is 9.54. The van der Waals surface area contributed by atoms with Gasteiger partial charge in [-0.1, -0.05) is 75.0 Å². The molecule has 7 aliphatic heterocycles. The molecule has 0 radical (unpaired) electrons. The Balaban J connectivity index is 0.951. The number of likely N-dealkylation sites (N-methyl/N-ethyl adjacent to an activating group) is 1. The standard InChI is InChI=1S/C87H105Cl2N13O24/c1-7-8-9-18-92-61-17-13-46(34-93-61)94-86(120)96-62(107)32-53-79(114)98-67-45-28-58(122-56-15-11-41(26-50(56)88)71(108)69(83(118)95-53)101-78(113)52(91-6)19-36(2)3)75(126-85-76(74(111)73(110)60(35-103)124-85)125-63-33-87(5,90)77(112)37(4)121-63)59(29-45)123-57-16-12-42(27-51(57)89)72(109)70-84(119)100-68(82(117)97-65-43-21-38-20-39(23-43)24-44(65)22-38)49-30-47(104)31-55(106)64(49)48-25-40(10-14-54(48)105)66(80(115)102-70)99-81(67)116/h10-17,25-31,34,36-39,43-44,52-53,60,63,65-74,76-77,85,91,103-106,108-112H,7-9,18-24,32-33,35,90H2,1-6H3,(H,92,93)(H,95,118)(H,97,117)(H,98,114)(H,99,116)(H,100,119)(H,101,113)(H,102,115)(H2,94,96,107,120)/t37-,38?,39?,43?,44?,52+,53-,60+,63-,65?,66+,67+,68-,69+,70-,71+,72+,73+,74-,76+,77+,85-,87-/m0/s1. The average molecular weight is 1790 g/mol. The number of aromatic nitrogens is 1. The Morgan fingerprint density at radius 1 is 0.690 bits per heavy atom. The van der Waals surface area contributed by atoms with Gasteiger partial charge in [0.1, 0.15) is 101 Å². The molecule has 6 aromatic rings. The Hall–Kier alpha value is -10.8. The Morgan fingerprint density at radius 3 is 1.95 bits per heavy atom. The van der Waals surface area contributed by atoms with Crippen LogP contribution in [0.5, 0.6) is 46.0 Å². The molecule has 17 rings (SSSR count). The summed E-state index contributed by atoms with van der Waals surface area (Å²) in [5.41, 5.74) is 2.99. The van der Waals surface area contributed by atoms with E-state index in [9.17, 15) is 60.3 Å². The van der Waals surface area contributed by atoms with Crippen LogP contribution in [0.25, 0.3) is 11.1 Å². The molecule has 39 heteroatoms. The number of urea groups is 1. The Labute approximate surface area is 733 Å². The van der Waals surface area contributed by atoms with Gasteiger partial charge < -0.3 is 133 Å². The first kappa shape index (κ1) is 91.4. The normalized spacial score (nSPS) is 30.2. The molecule has 15 bridgehead atoms. The number of halogens is 2. The van der Waals surface area contributed by atoms with Crippen LogP contribution in [-0.4, -0.2) is 209 Å². The van der Waals surface area contributed by atoms with Crippen molar-refractivity contribution in [2.45, 2.75) is 221 Å². The van der Waals surface area contributed by atoms with Crippen LogP contribution < -0.4 is 78.4 Å². The molecule has 126 heavy (non-hydrogen) atoms. The number of anilines is 2. The molecule has 8 heterocycles. The van der Waals surface area contributed by atoms with E-state index in [-0.39, 0.29) is 86.2 Å². The summed E-state index contributed by atoms with van der Waals surface area (Å²) in [6, 6.07) is 1.66. The second-order valence-electron chi connectivity index (χ2n) is 34.4. The van der Waals surface area contributed by atoms with Crippen molar-refractivity contribution in [3.63, 3.8) is 0 Å². The first-order valence-corrected chi connectivity index (χ1v) is 42.8. The zero-order chi connectivity index (χ0) is 90.2. The van der Waals surface area contributed by atoms with Gasteiger partial charge >= 0.3 is 6.03 Å². The summed E-state index contributed by atoms with van der Waals surface area (Å²) in [6.45, 7) is 8.33. The molecule has 18 atom stereocenters. The van der Waals surface area contributed by atoms with Crippen LogP contribution in [0, 0.1) is 29.6 Å². The minimum atomic E-state index is -2.43. The van der Waals surface area contributed by atoms with Gasteiger partial charge in [0.2, 0.25) is 59.3 Å². The summed E-state index contributed by atoms with van der Waals surface area (Å²) in [7, 11) is 1.47. The smallest absolute Gasteiger partial charge is 0.325 e. The molecule has 4 aliphatic carbocycles. The third-order valence-corrected chi connectivity index (χ3v) is 25.3. The van der Waals surface area contributed by atoms with E-state index in [1.54, 1.807) is 6.07 Å². The molecule has 676 valence electrons. The van der Waals surface area contributed by atoms with Crippen LogP contribution in [0.3, 0.4) is 0 Å². The van der Waals surface area contributed by atoms with Crippen molar-refractivity contribution < 1.29 is 118 Å². The van der Waals surface area contributed by atoms with Crippen molar-refractivity contribution in [2.75, 3.05) is 30.8 Å². The lowest BCUT2D eigenvalue weighted by molar-refractivity contribution is -0.333. The maximum absolute atomic E-state index is 16.7. The zero-order valence-corrected chi connectivity index (χ0v) is 71.2. The van der Waals surface area contributed by atoms with E-state index >= 15 is 28.8 Å². The van der Waals surface area contributed by atoms with Crippen molar-refractivity contribution in [1.29, 1.82) is 0 Å². The van der Waals surface area contributed by atoms with Crippen molar-refractivity contribution in [1.82, 2.24) is 52.8 Å². The van der Waals surface area contributed by atoms with E-state index in [0.29, 0.717) is 24.2 Å². The fourth-order valence-electron chi connectivity index (χ4n) is 18.4. The summed E-state index contributed by atoms with van der Waals surface area (Å²) in [5.74, 6) is -13.3. The summed E-state index contributed by atoms with van der Waals surface area (Å²) in [5, 5.41) is 136. The number of aliphatic hydroxyl groups is 6. The minimum absolute atomic E-state index is 0.0532. The molecule has 4 saturated carbocycles. The zero-order valence-electron chi connectivity index (χ0n) is 69.6. The van der Waals surface area contributed by atoms with Gasteiger partial charge in [-0.2, -0.15) is 0 Å². The number of benzene rings is 5. The molecular formula is C87H105Cl2N13O24. The summed E-state index contributed by atoms with van der Waals surface area (Å²) in [4.78, 5) is 143. The number of carbonyl (C=O) groups is 9. The van der Waals surface area contributed by atoms with Crippen LogP contribution >= 0.6 is 23.2 Å². The summed E-state index contributed by atoms with van der Waals surface area (Å²) >= 11 is 14.5. The van der Waals surface area contributed by atoms with E-state index in [1.165, 1.54) is 57.4 Å². The summed E-state index contributed by atoms with van der Waals surface area (Å²) in [6.07, 6.45) is -10.5. The second-order valence-corrected chi connectivity index (χ2v) is 35.3. The van der Waals surface area contributed by atoms with Crippen LogP contribution in [-0.2, 0) is 52.6 Å².